The van der Waals surface area contributed by atoms with Gasteiger partial charge < -0.3 is 20.2 Å². The Morgan fingerprint density at radius 3 is 2.70 bits per heavy atom. The minimum Gasteiger partial charge on any atom is -0.393 e. The lowest BCUT2D eigenvalue weighted by Gasteiger charge is -2.42. The van der Waals surface area contributed by atoms with Crippen LogP contribution in [0.5, 0.6) is 0 Å². The molecule has 2 saturated heterocycles. The van der Waals surface area contributed by atoms with Gasteiger partial charge in [-0.25, -0.2) is 4.85 Å². The number of aliphatic hydroxyl groups excluding tert-OH is 1. The predicted octanol–water partition coefficient (Wildman–Crippen LogP) is 3.32. The third-order valence-electron chi connectivity index (χ3n) is 6.99. The van der Waals surface area contributed by atoms with Gasteiger partial charge in [0.15, 0.2) is 0 Å². The molecule has 3 fully saturated rings. The highest BCUT2D eigenvalue weighted by Crippen LogP contribution is 2.45. The molecule has 2 aliphatic heterocycles. The Labute approximate surface area is 177 Å². The average molecular weight is 411 g/mol. The zero-order valence-electron chi connectivity index (χ0n) is 17.6. The summed E-state index contributed by atoms with van der Waals surface area (Å²) in [6.45, 7) is 11.3. The molecule has 1 atom stereocenters. The lowest BCUT2D eigenvalue weighted by atomic mass is 9.78. The van der Waals surface area contributed by atoms with Crippen LogP contribution in [0.3, 0.4) is 0 Å². The smallest absolute Gasteiger partial charge is 0.230 e. The number of carbonyl (C=O) groups is 2. The number of aliphatic hydroxyl groups is 1. The fraction of sp³-hybridized carbons (Fsp3) is 0.609. The molecule has 7 heteroatoms. The van der Waals surface area contributed by atoms with E-state index >= 15 is 0 Å². The Hall–Kier alpha value is -2.59. The van der Waals surface area contributed by atoms with Crippen LogP contribution >= 0.6 is 0 Å². The highest BCUT2D eigenvalue weighted by Gasteiger charge is 2.50. The molecule has 1 aromatic rings. The number of nitrogens with one attached hydrogen (secondary N) is 1. The summed E-state index contributed by atoms with van der Waals surface area (Å²) in [6.07, 6.45) is 5.80. The molecular formula is C23H30N4O3. The van der Waals surface area contributed by atoms with E-state index < -0.39 is 0 Å². The maximum absolute atomic E-state index is 13.5. The van der Waals surface area contributed by atoms with Crippen LogP contribution < -0.4 is 10.2 Å². The van der Waals surface area contributed by atoms with Crippen LogP contribution in [0.25, 0.3) is 4.85 Å². The largest absolute Gasteiger partial charge is 0.393 e. The lowest BCUT2D eigenvalue weighted by Crippen LogP contribution is -2.50. The van der Waals surface area contributed by atoms with Crippen molar-refractivity contribution in [3.8, 4) is 0 Å². The van der Waals surface area contributed by atoms with Crippen molar-refractivity contribution in [2.24, 2.45) is 5.41 Å². The van der Waals surface area contributed by atoms with E-state index in [9.17, 15) is 14.7 Å². The average Bonchev–Trinajstić information content (AvgIpc) is 3.03. The van der Waals surface area contributed by atoms with E-state index in [1.54, 1.807) is 6.07 Å². The third kappa shape index (κ3) is 3.89. The molecule has 0 aromatic heterocycles. The van der Waals surface area contributed by atoms with E-state index in [0.29, 0.717) is 17.9 Å². The molecule has 160 valence electrons. The molecule has 1 aliphatic carbocycles. The van der Waals surface area contributed by atoms with Crippen LogP contribution in [0.2, 0.25) is 0 Å². The number of hydrogen-bond acceptors (Lipinski definition) is 4. The van der Waals surface area contributed by atoms with Gasteiger partial charge in [0.25, 0.3) is 0 Å². The second-order valence-electron chi connectivity index (χ2n) is 9.01. The molecule has 7 nitrogen and oxygen atoms in total. The molecule has 4 rings (SSSR count). The molecule has 0 unspecified atom stereocenters. The normalized spacial score (nSPS) is 29.2. The number of anilines is 2. The molecule has 0 radical (unpaired) electrons. The molecule has 2 heterocycles. The molecule has 0 bridgehead atoms. The van der Waals surface area contributed by atoms with Gasteiger partial charge in [-0.3, -0.25) is 9.59 Å². The highest BCUT2D eigenvalue weighted by atomic mass is 16.3. The van der Waals surface area contributed by atoms with Gasteiger partial charge in [0.05, 0.1) is 18.1 Å². The summed E-state index contributed by atoms with van der Waals surface area (Å²) in [5.74, 6) is 0.0929. The zero-order chi connectivity index (χ0) is 21.3. The summed E-state index contributed by atoms with van der Waals surface area (Å²) >= 11 is 0. The molecule has 30 heavy (non-hydrogen) atoms. The van der Waals surface area contributed by atoms with Crippen molar-refractivity contribution >= 4 is 28.9 Å². The first-order valence-electron chi connectivity index (χ1n) is 10.9. The SMILES string of the molecule is [C-]#[N+]c1cc(NC(C)=O)ccc1N1CCC[C@]2(CCN(C3CCC(O)CC3)C2=O)C1. The summed E-state index contributed by atoms with van der Waals surface area (Å²) in [7, 11) is 0. The number of rotatable bonds is 3. The standard InChI is InChI=1S/C23H30N4O3/c1-16(28)25-17-4-9-21(20(14-17)24-2)26-12-3-10-23(15-26)11-13-27(22(23)30)18-5-7-19(29)8-6-18/h4,9,14,18-19,29H,3,5-8,10-13,15H2,1H3,(H,25,28)/t18?,19?,23-/m0/s1. The Morgan fingerprint density at radius 1 is 1.23 bits per heavy atom. The van der Waals surface area contributed by atoms with E-state index in [4.69, 9.17) is 6.57 Å². The zero-order valence-corrected chi connectivity index (χ0v) is 17.6. The van der Waals surface area contributed by atoms with Crippen molar-refractivity contribution in [1.29, 1.82) is 0 Å². The van der Waals surface area contributed by atoms with Crippen LogP contribution in [-0.2, 0) is 9.59 Å². The molecule has 1 aromatic carbocycles. The van der Waals surface area contributed by atoms with Crippen molar-refractivity contribution in [3.05, 3.63) is 29.6 Å². The first-order valence-corrected chi connectivity index (χ1v) is 10.9. The van der Waals surface area contributed by atoms with Gasteiger partial charge in [0, 0.05) is 44.0 Å². The van der Waals surface area contributed by atoms with Crippen LogP contribution in [-0.4, -0.2) is 53.6 Å². The van der Waals surface area contributed by atoms with Gasteiger partial charge in [0.2, 0.25) is 17.5 Å². The number of piperidine rings is 1. The number of carbonyl (C=O) groups excluding carboxylic acids is 2. The first-order chi connectivity index (χ1) is 14.4. The topological polar surface area (TPSA) is 77.2 Å². The van der Waals surface area contributed by atoms with E-state index in [-0.39, 0.29) is 29.4 Å². The van der Waals surface area contributed by atoms with Crippen molar-refractivity contribution in [2.45, 2.75) is 64.0 Å². The van der Waals surface area contributed by atoms with E-state index in [2.05, 4.69) is 20.0 Å². The number of benzene rings is 1. The molecule has 1 saturated carbocycles. The molecular weight excluding hydrogens is 380 g/mol. The third-order valence-corrected chi connectivity index (χ3v) is 6.99. The Balaban J connectivity index is 1.52. The van der Waals surface area contributed by atoms with Crippen LogP contribution in [0.1, 0.15) is 51.9 Å². The highest BCUT2D eigenvalue weighted by molar-refractivity contribution is 5.91. The van der Waals surface area contributed by atoms with Crippen LogP contribution in [0, 0.1) is 12.0 Å². The first kappa shape index (κ1) is 20.7. The second-order valence-corrected chi connectivity index (χ2v) is 9.01. The van der Waals surface area contributed by atoms with Gasteiger partial charge in [-0.15, -0.1) is 0 Å². The summed E-state index contributed by atoms with van der Waals surface area (Å²) in [5.41, 5.74) is 1.59. The minimum absolute atomic E-state index is 0.164. The van der Waals surface area contributed by atoms with Crippen molar-refractivity contribution in [1.82, 2.24) is 4.90 Å². The Morgan fingerprint density at radius 2 is 2.00 bits per heavy atom. The predicted molar refractivity (Wildman–Crippen MR) is 115 cm³/mol. The minimum atomic E-state index is -0.371. The summed E-state index contributed by atoms with van der Waals surface area (Å²) in [6, 6.07) is 5.67. The van der Waals surface area contributed by atoms with Crippen LogP contribution in [0.15, 0.2) is 18.2 Å². The van der Waals surface area contributed by atoms with Gasteiger partial charge >= 0.3 is 0 Å². The molecule has 1 spiro atoms. The fourth-order valence-electron chi connectivity index (χ4n) is 5.44. The van der Waals surface area contributed by atoms with Crippen LogP contribution in [0.4, 0.5) is 17.1 Å². The van der Waals surface area contributed by atoms with E-state index in [1.807, 2.05) is 12.1 Å². The van der Waals surface area contributed by atoms with Crippen molar-refractivity contribution in [2.75, 3.05) is 29.9 Å². The fourth-order valence-corrected chi connectivity index (χ4v) is 5.44. The number of hydrogen-bond donors (Lipinski definition) is 2. The number of nitrogens with zero attached hydrogens (tertiary/aromatic N) is 3. The van der Waals surface area contributed by atoms with Gasteiger partial charge in [0.1, 0.15) is 0 Å². The maximum atomic E-state index is 13.5. The number of amides is 2. The Kier molecular flexibility index (Phi) is 5.70. The Bertz CT molecular complexity index is 872. The maximum Gasteiger partial charge on any atom is 0.230 e. The quantitative estimate of drug-likeness (QED) is 0.750. The van der Waals surface area contributed by atoms with E-state index in [1.165, 1.54) is 6.92 Å². The second kappa shape index (κ2) is 8.27. The van der Waals surface area contributed by atoms with E-state index in [0.717, 1.165) is 63.7 Å². The number of likely N-dealkylation sites (tertiary alicyclic amines) is 1. The summed E-state index contributed by atoms with van der Waals surface area (Å²) in [5, 5.41) is 12.5. The molecule has 2 amide bonds. The summed E-state index contributed by atoms with van der Waals surface area (Å²) < 4.78 is 0. The summed E-state index contributed by atoms with van der Waals surface area (Å²) in [4.78, 5) is 32.8. The monoisotopic (exact) mass is 410 g/mol. The lowest BCUT2D eigenvalue weighted by molar-refractivity contribution is -0.139. The van der Waals surface area contributed by atoms with Gasteiger partial charge in [-0.05, 0) is 63.1 Å². The van der Waals surface area contributed by atoms with Gasteiger partial charge in [-0.2, -0.15) is 0 Å². The molecule has 2 N–H and O–H groups in total. The van der Waals surface area contributed by atoms with Gasteiger partial charge in [-0.1, -0.05) is 0 Å². The van der Waals surface area contributed by atoms with Crippen molar-refractivity contribution < 1.29 is 14.7 Å². The van der Waals surface area contributed by atoms with Crippen molar-refractivity contribution in [3.63, 3.8) is 0 Å². The molecule has 3 aliphatic rings.